The highest BCUT2D eigenvalue weighted by Gasteiger charge is 2.15. The molecule has 2 aromatic rings. The van der Waals surface area contributed by atoms with Crippen molar-refractivity contribution in [1.29, 1.82) is 5.26 Å². The molecule has 7 heteroatoms. The lowest BCUT2D eigenvalue weighted by molar-refractivity contribution is -0.387. The normalized spacial score (nSPS) is 9.95. The average Bonchev–Trinajstić information content (AvgIpc) is 2.47. The zero-order chi connectivity index (χ0) is 15.4. The molecule has 0 N–H and O–H groups in total. The highest BCUT2D eigenvalue weighted by Crippen LogP contribution is 2.29. The van der Waals surface area contributed by atoms with E-state index in [-0.39, 0.29) is 22.9 Å². The minimum absolute atomic E-state index is 0.0632. The van der Waals surface area contributed by atoms with Crippen molar-refractivity contribution >= 4 is 17.3 Å². The molecule has 0 atom stereocenters. The lowest BCUT2D eigenvalue weighted by Gasteiger charge is -2.08. The van der Waals surface area contributed by atoms with Gasteiger partial charge < -0.3 is 4.74 Å². The van der Waals surface area contributed by atoms with Crippen molar-refractivity contribution in [2.24, 2.45) is 0 Å². The lowest BCUT2D eigenvalue weighted by Crippen LogP contribution is -1.94. The predicted molar refractivity (Wildman–Crippen MR) is 73.8 cm³/mol. The molecule has 0 aromatic heterocycles. The maximum absolute atomic E-state index is 13.5. The topological polar surface area (TPSA) is 76.2 Å². The number of nitro groups is 1. The maximum atomic E-state index is 13.5. The van der Waals surface area contributed by atoms with E-state index in [1.807, 2.05) is 6.07 Å². The molecule has 5 nitrogen and oxygen atoms in total. The highest BCUT2D eigenvalue weighted by molar-refractivity contribution is 6.17. The molecule has 0 radical (unpaired) electrons. The van der Waals surface area contributed by atoms with E-state index in [2.05, 4.69) is 0 Å². The van der Waals surface area contributed by atoms with E-state index < -0.39 is 16.4 Å². The Morgan fingerprint density at radius 1 is 1.33 bits per heavy atom. The first-order valence-electron chi connectivity index (χ1n) is 5.76. The van der Waals surface area contributed by atoms with Gasteiger partial charge in [-0.15, -0.1) is 11.6 Å². The fraction of sp³-hybridized carbons (Fsp3) is 0.0714. The van der Waals surface area contributed by atoms with E-state index in [0.717, 1.165) is 17.7 Å². The van der Waals surface area contributed by atoms with Crippen LogP contribution in [0.5, 0.6) is 11.5 Å². The third-order valence-electron chi connectivity index (χ3n) is 2.66. The molecule has 21 heavy (non-hydrogen) atoms. The Balaban J connectivity index is 2.32. The smallest absolute Gasteiger partial charge is 0.305 e. The van der Waals surface area contributed by atoms with Gasteiger partial charge in [-0.25, -0.2) is 0 Å². The first-order chi connectivity index (χ1) is 10.0. The molecule has 0 aliphatic rings. The molecule has 0 aliphatic heterocycles. The fourth-order valence-electron chi connectivity index (χ4n) is 1.66. The summed E-state index contributed by atoms with van der Waals surface area (Å²) in [5.74, 6) is -0.470. The van der Waals surface area contributed by atoms with E-state index in [0.29, 0.717) is 0 Å². The van der Waals surface area contributed by atoms with Crippen LogP contribution in [0.3, 0.4) is 0 Å². The number of nitrogens with zero attached hydrogens (tertiary/aromatic N) is 2. The Morgan fingerprint density at radius 2 is 2.10 bits per heavy atom. The van der Waals surface area contributed by atoms with Gasteiger partial charge in [0.2, 0.25) is 5.82 Å². The standard InChI is InChI=1S/C14H8ClFN2O3/c15-7-9-1-4-14(10(5-9)8-17)21-11-2-3-13(18(19)20)12(16)6-11/h1-6H,7H2. The number of hydrogen-bond donors (Lipinski definition) is 0. The average molecular weight is 307 g/mol. The Morgan fingerprint density at radius 3 is 2.67 bits per heavy atom. The molecule has 0 saturated heterocycles. The SMILES string of the molecule is N#Cc1cc(CCl)ccc1Oc1ccc([N+](=O)[O-])c(F)c1. The van der Waals surface area contributed by atoms with Gasteiger partial charge in [0.25, 0.3) is 0 Å². The summed E-state index contributed by atoms with van der Waals surface area (Å²) in [4.78, 5) is 9.71. The molecule has 106 valence electrons. The molecule has 0 unspecified atom stereocenters. The zero-order valence-corrected chi connectivity index (χ0v) is 11.3. The summed E-state index contributed by atoms with van der Waals surface area (Å²) < 4.78 is 18.9. The maximum Gasteiger partial charge on any atom is 0.305 e. The molecule has 0 saturated carbocycles. The molecule has 2 aromatic carbocycles. The van der Waals surface area contributed by atoms with E-state index in [9.17, 15) is 14.5 Å². The summed E-state index contributed by atoms with van der Waals surface area (Å²) >= 11 is 5.67. The van der Waals surface area contributed by atoms with Crippen LogP contribution in [0.4, 0.5) is 10.1 Å². The molecule has 0 spiro atoms. The first kappa shape index (κ1) is 14.8. The van der Waals surface area contributed by atoms with Crippen LogP contribution in [0.15, 0.2) is 36.4 Å². The summed E-state index contributed by atoms with van der Waals surface area (Å²) in [5.41, 5.74) is 0.350. The van der Waals surface area contributed by atoms with Gasteiger partial charge in [-0.05, 0) is 23.8 Å². The summed E-state index contributed by atoms with van der Waals surface area (Å²) in [6.45, 7) is 0. The number of alkyl halides is 1. The predicted octanol–water partition coefficient (Wildman–Crippen LogP) is 4.14. The monoisotopic (exact) mass is 306 g/mol. The minimum Gasteiger partial charge on any atom is -0.456 e. The van der Waals surface area contributed by atoms with Crippen molar-refractivity contribution in [3.05, 3.63) is 63.5 Å². The summed E-state index contributed by atoms with van der Waals surface area (Å²) in [7, 11) is 0. The highest BCUT2D eigenvalue weighted by atomic mass is 35.5. The quantitative estimate of drug-likeness (QED) is 0.483. The van der Waals surface area contributed by atoms with Crippen molar-refractivity contribution in [3.63, 3.8) is 0 Å². The van der Waals surface area contributed by atoms with Crippen molar-refractivity contribution in [3.8, 4) is 17.6 Å². The van der Waals surface area contributed by atoms with Crippen LogP contribution in [0, 0.1) is 27.3 Å². The molecule has 0 amide bonds. The van der Waals surface area contributed by atoms with E-state index in [1.165, 1.54) is 12.1 Å². The molecule has 0 heterocycles. The lowest BCUT2D eigenvalue weighted by atomic mass is 10.1. The first-order valence-corrected chi connectivity index (χ1v) is 6.29. The van der Waals surface area contributed by atoms with Gasteiger partial charge in [-0.3, -0.25) is 10.1 Å². The van der Waals surface area contributed by atoms with Crippen LogP contribution in [-0.2, 0) is 5.88 Å². The second-order valence-electron chi connectivity index (χ2n) is 4.05. The second-order valence-corrected chi connectivity index (χ2v) is 4.32. The largest absolute Gasteiger partial charge is 0.456 e. The Kier molecular flexibility index (Phi) is 4.36. The van der Waals surface area contributed by atoms with Gasteiger partial charge in [0.05, 0.1) is 10.5 Å². The van der Waals surface area contributed by atoms with Gasteiger partial charge >= 0.3 is 5.69 Å². The Hall–Kier alpha value is -2.65. The van der Waals surface area contributed by atoms with Crippen molar-refractivity contribution in [2.75, 3.05) is 0 Å². The number of nitriles is 1. The van der Waals surface area contributed by atoms with Crippen molar-refractivity contribution in [1.82, 2.24) is 0 Å². The number of benzene rings is 2. The molecule has 0 fully saturated rings. The van der Waals surface area contributed by atoms with Gasteiger partial charge in [0.1, 0.15) is 17.6 Å². The van der Waals surface area contributed by atoms with E-state index >= 15 is 0 Å². The number of rotatable bonds is 4. The molecular weight excluding hydrogens is 299 g/mol. The van der Waals surface area contributed by atoms with Crippen LogP contribution in [0.25, 0.3) is 0 Å². The zero-order valence-electron chi connectivity index (χ0n) is 10.5. The molecule has 0 aliphatic carbocycles. The summed E-state index contributed by atoms with van der Waals surface area (Å²) in [6.07, 6.45) is 0. The third-order valence-corrected chi connectivity index (χ3v) is 2.97. The van der Waals surface area contributed by atoms with E-state index in [1.54, 1.807) is 12.1 Å². The van der Waals surface area contributed by atoms with Crippen LogP contribution in [-0.4, -0.2) is 4.92 Å². The van der Waals surface area contributed by atoms with Crippen LogP contribution >= 0.6 is 11.6 Å². The minimum atomic E-state index is -1.01. The molecular formula is C14H8ClFN2O3. The van der Waals surface area contributed by atoms with Gasteiger partial charge in [0.15, 0.2) is 0 Å². The van der Waals surface area contributed by atoms with Crippen molar-refractivity contribution < 1.29 is 14.1 Å². The van der Waals surface area contributed by atoms with Gasteiger partial charge in [-0.2, -0.15) is 9.65 Å². The van der Waals surface area contributed by atoms with Crippen LogP contribution in [0.2, 0.25) is 0 Å². The number of ether oxygens (including phenoxy) is 1. The molecule has 2 rings (SSSR count). The van der Waals surface area contributed by atoms with E-state index in [4.69, 9.17) is 21.6 Å². The summed E-state index contributed by atoms with van der Waals surface area (Å²) in [5, 5.41) is 19.6. The summed E-state index contributed by atoms with van der Waals surface area (Å²) in [6, 6.07) is 9.88. The number of hydrogen-bond acceptors (Lipinski definition) is 4. The third kappa shape index (κ3) is 3.27. The Bertz CT molecular complexity index is 743. The number of halogens is 2. The fourth-order valence-corrected chi connectivity index (χ4v) is 1.83. The molecule has 0 bridgehead atoms. The van der Waals surface area contributed by atoms with Gasteiger partial charge in [-0.1, -0.05) is 6.07 Å². The van der Waals surface area contributed by atoms with Gasteiger partial charge in [0, 0.05) is 18.0 Å². The van der Waals surface area contributed by atoms with Crippen LogP contribution in [0.1, 0.15) is 11.1 Å². The van der Waals surface area contributed by atoms with Crippen molar-refractivity contribution in [2.45, 2.75) is 5.88 Å². The Labute approximate surface area is 124 Å². The second kappa shape index (κ2) is 6.20. The van der Waals surface area contributed by atoms with Crippen LogP contribution < -0.4 is 4.74 Å². The number of nitro benzene ring substituents is 1.